The third-order valence-electron chi connectivity index (χ3n) is 14.6. The number of carbonyl (C=O) groups excluding carboxylic acids is 1. The fourth-order valence-electron chi connectivity index (χ4n) is 9.73. The summed E-state index contributed by atoms with van der Waals surface area (Å²) in [5.41, 5.74) is 0. The highest BCUT2D eigenvalue weighted by molar-refractivity contribution is 5.80. The summed E-state index contributed by atoms with van der Waals surface area (Å²) in [7, 11) is 0. The minimum absolute atomic E-state index is 0.260. The van der Waals surface area contributed by atoms with E-state index in [1.54, 1.807) is 0 Å². The highest BCUT2D eigenvalue weighted by Gasteiger charge is 2.44. The molecule has 0 aliphatic carbocycles. The summed E-state index contributed by atoms with van der Waals surface area (Å²) in [6, 6.07) is -1.17. The van der Waals surface area contributed by atoms with Crippen molar-refractivity contribution < 1.29 is 50.0 Å². The first-order valence-electron chi connectivity index (χ1n) is 29.6. The van der Waals surface area contributed by atoms with Crippen LogP contribution in [0.2, 0.25) is 0 Å². The molecule has 9 atom stereocenters. The molecule has 1 aliphatic rings. The summed E-state index contributed by atoms with van der Waals surface area (Å²) in [5, 5.41) is 76.2. The molecule has 1 aliphatic heterocycles. The van der Waals surface area contributed by atoms with Crippen LogP contribution in [0, 0.1) is 0 Å². The summed E-state index contributed by atoms with van der Waals surface area (Å²) in [6.07, 6.45) is 44.0. The monoisotopic (exact) mass is 984 g/mol. The van der Waals surface area contributed by atoms with E-state index >= 15 is 0 Å². The molecule has 0 saturated carbocycles. The number of allylic oxidation sites excluding steroid dienone is 2. The lowest BCUT2D eigenvalue weighted by Gasteiger charge is -2.40. The SMILES string of the molecule is CCCCCCCCCCCCCC/C=C\CCCCCCCCCCC(O)C(=O)NC(COC1OC(CO)C(O)C(O)C1O)C(O)C(O)CCCCCCCCCCCCCCCCCCCC. The predicted octanol–water partition coefficient (Wildman–Crippen LogP) is 12.4. The van der Waals surface area contributed by atoms with Crippen molar-refractivity contribution in [2.45, 2.75) is 339 Å². The number of rotatable bonds is 51. The number of aliphatic hydroxyl groups is 7. The van der Waals surface area contributed by atoms with Crippen LogP contribution in [0.1, 0.15) is 284 Å². The number of carbonyl (C=O) groups is 1. The summed E-state index contributed by atoms with van der Waals surface area (Å²) in [6.45, 7) is 3.49. The van der Waals surface area contributed by atoms with Crippen LogP contribution >= 0.6 is 0 Å². The van der Waals surface area contributed by atoms with E-state index < -0.39 is 74.2 Å². The molecule has 1 fully saturated rings. The minimum Gasteiger partial charge on any atom is -0.394 e. The van der Waals surface area contributed by atoms with Crippen molar-refractivity contribution in [3.05, 3.63) is 12.2 Å². The molecule has 1 rings (SSSR count). The normalized spacial score (nSPS) is 20.4. The van der Waals surface area contributed by atoms with Gasteiger partial charge in [-0.25, -0.2) is 0 Å². The van der Waals surface area contributed by atoms with Crippen molar-refractivity contribution in [2.24, 2.45) is 0 Å². The Morgan fingerprint density at radius 1 is 0.493 bits per heavy atom. The van der Waals surface area contributed by atoms with Crippen LogP contribution in [-0.4, -0.2) is 110 Å². The standard InChI is InChI=1S/C58H113NO10/c1-3-5-7-9-11-13-15-17-19-21-23-24-25-26-27-28-30-32-34-36-38-40-42-44-46-51(62)57(67)59-49(48-68-58-56(66)55(65)54(64)52(47-60)69-58)53(63)50(61)45-43-41-39-37-35-33-31-29-22-20-18-16-14-12-10-8-6-4-2/h26-27,49-56,58,60-66H,3-25,28-48H2,1-2H3,(H,59,67)/b27-26-. The Kier molecular flexibility index (Phi) is 45.7. The molecule has 11 nitrogen and oxygen atoms in total. The van der Waals surface area contributed by atoms with Gasteiger partial charge in [0.2, 0.25) is 5.91 Å². The Hall–Kier alpha value is -1.15. The smallest absolute Gasteiger partial charge is 0.249 e. The third kappa shape index (κ3) is 36.4. The van der Waals surface area contributed by atoms with Gasteiger partial charge in [0, 0.05) is 0 Å². The summed E-state index contributed by atoms with van der Waals surface area (Å²) < 4.78 is 11.2. The number of ether oxygens (including phenoxy) is 2. The molecular weight excluding hydrogens is 871 g/mol. The zero-order valence-electron chi connectivity index (χ0n) is 44.8. The Labute approximate surface area is 423 Å². The number of aliphatic hydroxyl groups excluding tert-OH is 7. The fourth-order valence-corrected chi connectivity index (χ4v) is 9.73. The van der Waals surface area contributed by atoms with Gasteiger partial charge >= 0.3 is 0 Å². The molecule has 1 saturated heterocycles. The second-order valence-electron chi connectivity index (χ2n) is 21.1. The molecular formula is C58H113NO10. The predicted molar refractivity (Wildman–Crippen MR) is 284 cm³/mol. The van der Waals surface area contributed by atoms with Crippen LogP contribution in [0.5, 0.6) is 0 Å². The number of amides is 1. The van der Waals surface area contributed by atoms with Crippen molar-refractivity contribution in [1.29, 1.82) is 0 Å². The Bertz CT molecular complexity index is 1130. The van der Waals surface area contributed by atoms with Crippen molar-refractivity contribution in [3.63, 3.8) is 0 Å². The highest BCUT2D eigenvalue weighted by atomic mass is 16.7. The van der Waals surface area contributed by atoms with Crippen LogP contribution in [0.25, 0.3) is 0 Å². The van der Waals surface area contributed by atoms with Gasteiger partial charge in [-0.3, -0.25) is 4.79 Å². The van der Waals surface area contributed by atoms with Gasteiger partial charge in [0.05, 0.1) is 25.4 Å². The van der Waals surface area contributed by atoms with E-state index in [1.807, 2.05) is 0 Å². The van der Waals surface area contributed by atoms with Crippen LogP contribution in [0.3, 0.4) is 0 Å². The summed E-state index contributed by atoms with van der Waals surface area (Å²) in [4.78, 5) is 13.2. The maximum Gasteiger partial charge on any atom is 0.249 e. The molecule has 0 aromatic carbocycles. The zero-order valence-corrected chi connectivity index (χ0v) is 44.8. The topological polar surface area (TPSA) is 189 Å². The van der Waals surface area contributed by atoms with Crippen LogP contribution in [0.4, 0.5) is 0 Å². The van der Waals surface area contributed by atoms with Gasteiger partial charge in [-0.05, 0) is 38.5 Å². The highest BCUT2D eigenvalue weighted by Crippen LogP contribution is 2.24. The molecule has 0 aromatic rings. The van der Waals surface area contributed by atoms with Crippen LogP contribution < -0.4 is 5.32 Å². The number of unbranched alkanes of at least 4 members (excludes halogenated alkanes) is 37. The second kappa shape index (κ2) is 47.8. The molecule has 0 aromatic heterocycles. The van der Waals surface area contributed by atoms with Crippen LogP contribution in [-0.2, 0) is 14.3 Å². The van der Waals surface area contributed by atoms with Gasteiger partial charge in [0.15, 0.2) is 6.29 Å². The average Bonchev–Trinajstić information content (AvgIpc) is 3.35. The van der Waals surface area contributed by atoms with Gasteiger partial charge in [-0.2, -0.15) is 0 Å². The molecule has 69 heavy (non-hydrogen) atoms. The number of hydrogen-bond donors (Lipinski definition) is 8. The van der Waals surface area contributed by atoms with Gasteiger partial charge in [0.25, 0.3) is 0 Å². The van der Waals surface area contributed by atoms with Crippen molar-refractivity contribution in [3.8, 4) is 0 Å². The van der Waals surface area contributed by atoms with E-state index in [9.17, 15) is 40.5 Å². The summed E-state index contributed by atoms with van der Waals surface area (Å²) in [5.74, 6) is -0.694. The van der Waals surface area contributed by atoms with Gasteiger partial charge < -0.3 is 50.5 Å². The largest absolute Gasteiger partial charge is 0.394 e. The lowest BCUT2D eigenvalue weighted by Crippen LogP contribution is -2.60. The second-order valence-corrected chi connectivity index (χ2v) is 21.1. The molecule has 8 N–H and O–H groups in total. The Balaban J connectivity index is 2.29. The van der Waals surface area contributed by atoms with E-state index in [4.69, 9.17) is 9.47 Å². The Morgan fingerprint density at radius 2 is 0.841 bits per heavy atom. The van der Waals surface area contributed by atoms with E-state index in [-0.39, 0.29) is 6.42 Å². The molecule has 9 unspecified atom stereocenters. The third-order valence-corrected chi connectivity index (χ3v) is 14.6. The number of hydrogen-bond acceptors (Lipinski definition) is 10. The van der Waals surface area contributed by atoms with E-state index in [0.717, 1.165) is 44.9 Å². The first kappa shape index (κ1) is 65.9. The van der Waals surface area contributed by atoms with Crippen molar-refractivity contribution in [2.75, 3.05) is 13.2 Å². The van der Waals surface area contributed by atoms with Crippen molar-refractivity contribution >= 4 is 5.91 Å². The van der Waals surface area contributed by atoms with E-state index in [2.05, 4.69) is 31.3 Å². The molecule has 1 heterocycles. The van der Waals surface area contributed by atoms with Gasteiger partial charge in [-0.1, -0.05) is 257 Å². The number of nitrogens with one attached hydrogen (secondary N) is 1. The van der Waals surface area contributed by atoms with E-state index in [1.165, 1.54) is 199 Å². The van der Waals surface area contributed by atoms with Crippen LogP contribution in [0.15, 0.2) is 12.2 Å². The molecule has 11 heteroatoms. The lowest BCUT2D eigenvalue weighted by atomic mass is 9.98. The average molecular weight is 985 g/mol. The maximum atomic E-state index is 13.2. The maximum absolute atomic E-state index is 13.2. The lowest BCUT2D eigenvalue weighted by molar-refractivity contribution is -0.303. The van der Waals surface area contributed by atoms with Crippen molar-refractivity contribution in [1.82, 2.24) is 5.32 Å². The molecule has 0 bridgehead atoms. The summed E-state index contributed by atoms with van der Waals surface area (Å²) >= 11 is 0. The molecule has 0 radical (unpaired) electrons. The van der Waals surface area contributed by atoms with Gasteiger partial charge in [0.1, 0.15) is 36.6 Å². The molecule has 410 valence electrons. The minimum atomic E-state index is -1.66. The Morgan fingerprint density at radius 3 is 1.22 bits per heavy atom. The first-order chi connectivity index (χ1) is 33.7. The zero-order chi connectivity index (χ0) is 50.4. The first-order valence-corrected chi connectivity index (χ1v) is 29.6. The molecule has 1 amide bonds. The van der Waals surface area contributed by atoms with E-state index in [0.29, 0.717) is 19.3 Å². The fraction of sp³-hybridized carbons (Fsp3) is 0.948. The van der Waals surface area contributed by atoms with Gasteiger partial charge in [-0.15, -0.1) is 0 Å². The quantitative estimate of drug-likeness (QED) is 0.0215. The molecule has 0 spiro atoms.